The molecule has 1 aliphatic rings. The lowest BCUT2D eigenvalue weighted by Gasteiger charge is -2.07. The summed E-state index contributed by atoms with van der Waals surface area (Å²) in [5.74, 6) is 1.18. The molecule has 0 saturated heterocycles. The van der Waals surface area contributed by atoms with E-state index in [0.29, 0.717) is 17.4 Å². The molecule has 1 aliphatic carbocycles. The molecule has 15 heavy (non-hydrogen) atoms. The van der Waals surface area contributed by atoms with Gasteiger partial charge >= 0.3 is 0 Å². The Morgan fingerprint density at radius 2 is 2.27 bits per heavy atom. The van der Waals surface area contributed by atoms with Crippen molar-refractivity contribution in [1.29, 1.82) is 5.41 Å². The van der Waals surface area contributed by atoms with Crippen LogP contribution >= 0.6 is 12.4 Å². The molecule has 2 rings (SSSR count). The molecule has 0 aliphatic heterocycles. The van der Waals surface area contributed by atoms with Gasteiger partial charge in [-0.05, 0) is 30.4 Å². The molecular formula is C10H14ClN3O. The van der Waals surface area contributed by atoms with Gasteiger partial charge in [0, 0.05) is 6.20 Å². The van der Waals surface area contributed by atoms with Gasteiger partial charge in [0.25, 0.3) is 0 Å². The van der Waals surface area contributed by atoms with Gasteiger partial charge in [-0.3, -0.25) is 5.41 Å². The van der Waals surface area contributed by atoms with E-state index in [-0.39, 0.29) is 18.2 Å². The van der Waals surface area contributed by atoms with Crippen LogP contribution in [-0.4, -0.2) is 17.9 Å². The van der Waals surface area contributed by atoms with Crippen molar-refractivity contribution in [3.63, 3.8) is 0 Å². The lowest BCUT2D eigenvalue weighted by atomic mass is 10.1. The first-order valence-corrected chi connectivity index (χ1v) is 4.60. The highest BCUT2D eigenvalue weighted by molar-refractivity contribution is 5.95. The van der Waals surface area contributed by atoms with Crippen LogP contribution in [0.4, 0.5) is 0 Å². The van der Waals surface area contributed by atoms with Crippen LogP contribution in [0.2, 0.25) is 0 Å². The molecule has 1 aromatic rings. The van der Waals surface area contributed by atoms with Crippen LogP contribution < -0.4 is 10.5 Å². The van der Waals surface area contributed by atoms with Gasteiger partial charge in [0.05, 0.1) is 7.11 Å². The molecule has 1 fully saturated rings. The van der Waals surface area contributed by atoms with Gasteiger partial charge in [0.1, 0.15) is 17.3 Å². The highest BCUT2D eigenvalue weighted by Gasteiger charge is 2.25. The van der Waals surface area contributed by atoms with E-state index in [1.54, 1.807) is 13.3 Å². The Balaban J connectivity index is 0.00000112. The number of hydrogen-bond acceptors (Lipinski definition) is 3. The van der Waals surface area contributed by atoms with Crippen molar-refractivity contribution >= 4 is 18.2 Å². The van der Waals surface area contributed by atoms with E-state index in [0.717, 1.165) is 0 Å². The monoisotopic (exact) mass is 227 g/mol. The molecule has 0 amide bonds. The Kier molecular flexibility index (Phi) is 3.52. The second-order valence-electron chi connectivity index (χ2n) is 3.51. The zero-order valence-corrected chi connectivity index (χ0v) is 9.30. The highest BCUT2D eigenvalue weighted by atomic mass is 35.5. The van der Waals surface area contributed by atoms with Crippen molar-refractivity contribution in [1.82, 2.24) is 4.98 Å². The lowest BCUT2D eigenvalue weighted by molar-refractivity contribution is 0.411. The average molecular weight is 228 g/mol. The van der Waals surface area contributed by atoms with E-state index >= 15 is 0 Å². The fraction of sp³-hybridized carbons (Fsp3) is 0.400. The summed E-state index contributed by atoms with van der Waals surface area (Å²) < 4.78 is 5.14. The van der Waals surface area contributed by atoms with Gasteiger partial charge in [0.15, 0.2) is 0 Å². The smallest absolute Gasteiger partial charge is 0.148 e. The summed E-state index contributed by atoms with van der Waals surface area (Å²) in [5, 5.41) is 7.31. The van der Waals surface area contributed by atoms with Gasteiger partial charge in [-0.1, -0.05) is 0 Å². The van der Waals surface area contributed by atoms with Crippen LogP contribution in [0.5, 0.6) is 5.75 Å². The maximum atomic E-state index is 7.31. The number of rotatable bonds is 3. The minimum Gasteiger partial charge on any atom is -0.494 e. The summed E-state index contributed by atoms with van der Waals surface area (Å²) in [6, 6.07) is 1.93. The fourth-order valence-electron chi connectivity index (χ4n) is 1.46. The van der Waals surface area contributed by atoms with E-state index in [9.17, 15) is 0 Å². The number of nitrogens with two attached hydrogens (primary N) is 1. The molecule has 0 atom stereocenters. The first kappa shape index (κ1) is 11.8. The van der Waals surface area contributed by atoms with Crippen LogP contribution in [0.15, 0.2) is 12.3 Å². The van der Waals surface area contributed by atoms with E-state index in [1.165, 1.54) is 18.4 Å². The van der Waals surface area contributed by atoms with Crippen molar-refractivity contribution in [3.8, 4) is 5.75 Å². The van der Waals surface area contributed by atoms with Crippen LogP contribution in [0.25, 0.3) is 0 Å². The molecular weight excluding hydrogens is 214 g/mol. The molecule has 5 heteroatoms. The normalized spacial score (nSPS) is 14.2. The van der Waals surface area contributed by atoms with E-state index in [4.69, 9.17) is 15.9 Å². The van der Waals surface area contributed by atoms with Crippen LogP contribution in [-0.2, 0) is 0 Å². The number of halogens is 1. The Labute approximate surface area is 94.8 Å². The van der Waals surface area contributed by atoms with Crippen LogP contribution in [0, 0.1) is 5.41 Å². The van der Waals surface area contributed by atoms with Gasteiger partial charge < -0.3 is 10.5 Å². The number of nitrogens with one attached hydrogen (secondary N) is 1. The summed E-state index contributed by atoms with van der Waals surface area (Å²) >= 11 is 0. The third-order valence-corrected chi connectivity index (χ3v) is 2.40. The second-order valence-corrected chi connectivity index (χ2v) is 3.51. The molecule has 82 valence electrons. The molecule has 0 bridgehead atoms. The molecule has 1 heterocycles. The molecule has 0 radical (unpaired) electrons. The molecule has 1 saturated carbocycles. The fourth-order valence-corrected chi connectivity index (χ4v) is 1.46. The average Bonchev–Trinajstić information content (AvgIpc) is 3.00. The minimum absolute atomic E-state index is 0. The quantitative estimate of drug-likeness (QED) is 0.610. The maximum Gasteiger partial charge on any atom is 0.148 e. The first-order chi connectivity index (χ1) is 6.72. The molecule has 0 aromatic carbocycles. The highest BCUT2D eigenvalue weighted by Crippen LogP contribution is 2.40. The first-order valence-electron chi connectivity index (χ1n) is 4.60. The summed E-state index contributed by atoms with van der Waals surface area (Å²) in [7, 11) is 1.57. The number of hydrogen-bond donors (Lipinski definition) is 2. The Morgan fingerprint density at radius 3 is 2.73 bits per heavy atom. The van der Waals surface area contributed by atoms with E-state index < -0.39 is 0 Å². The van der Waals surface area contributed by atoms with Gasteiger partial charge in [0.2, 0.25) is 0 Å². The van der Waals surface area contributed by atoms with Crippen molar-refractivity contribution in [2.75, 3.05) is 7.11 Å². The van der Waals surface area contributed by atoms with E-state index in [1.807, 2.05) is 6.07 Å². The van der Waals surface area contributed by atoms with Gasteiger partial charge in [-0.25, -0.2) is 4.98 Å². The predicted octanol–water partition coefficient (Wildman–Crippen LogP) is 1.67. The summed E-state index contributed by atoms with van der Waals surface area (Å²) in [6.07, 6.45) is 4.24. The van der Waals surface area contributed by atoms with Crippen LogP contribution in [0.1, 0.15) is 30.0 Å². The van der Waals surface area contributed by atoms with Crippen LogP contribution in [0.3, 0.4) is 0 Å². The number of pyridine rings is 1. The molecule has 1 aromatic heterocycles. The molecule has 3 N–H and O–H groups in total. The van der Waals surface area contributed by atoms with Crippen molar-refractivity contribution in [2.24, 2.45) is 5.73 Å². The Morgan fingerprint density at radius 1 is 1.60 bits per heavy atom. The Hall–Kier alpha value is -1.29. The van der Waals surface area contributed by atoms with Gasteiger partial charge in [-0.15, -0.1) is 12.4 Å². The van der Waals surface area contributed by atoms with Crippen molar-refractivity contribution < 1.29 is 4.74 Å². The molecule has 0 unspecified atom stereocenters. The summed E-state index contributed by atoms with van der Waals surface area (Å²) in [4.78, 5) is 4.14. The number of nitrogens with zero attached hydrogens (tertiary/aromatic N) is 1. The summed E-state index contributed by atoms with van der Waals surface area (Å²) in [5.41, 5.74) is 6.99. The van der Waals surface area contributed by atoms with Crippen molar-refractivity contribution in [3.05, 3.63) is 23.5 Å². The number of ether oxygens (including phenoxy) is 1. The second kappa shape index (κ2) is 4.49. The standard InChI is InChI=1S/C10H13N3O.ClH/c1-14-8-4-7(6-2-3-6)5-13-9(8)10(11)12;/h4-6H,2-3H2,1H3,(H3,11,12);1H. The predicted molar refractivity (Wildman–Crippen MR) is 61.0 cm³/mol. The number of amidine groups is 1. The van der Waals surface area contributed by atoms with Crippen molar-refractivity contribution in [2.45, 2.75) is 18.8 Å². The number of methoxy groups -OCH3 is 1. The minimum atomic E-state index is -0.0517. The largest absolute Gasteiger partial charge is 0.494 e. The summed E-state index contributed by atoms with van der Waals surface area (Å²) in [6.45, 7) is 0. The zero-order chi connectivity index (χ0) is 10.1. The van der Waals surface area contributed by atoms with E-state index in [2.05, 4.69) is 4.98 Å². The third-order valence-electron chi connectivity index (χ3n) is 2.40. The third kappa shape index (κ3) is 2.39. The topological polar surface area (TPSA) is 72.0 Å². The Bertz CT molecular complexity index is 377. The maximum absolute atomic E-state index is 7.31. The molecule has 0 spiro atoms. The van der Waals surface area contributed by atoms with Gasteiger partial charge in [-0.2, -0.15) is 0 Å². The lowest BCUT2D eigenvalue weighted by Crippen LogP contribution is -2.14. The zero-order valence-electron chi connectivity index (χ0n) is 8.49. The molecule has 4 nitrogen and oxygen atoms in total. The SMILES string of the molecule is COc1cc(C2CC2)cnc1C(=N)N.Cl. The number of aromatic nitrogens is 1. The number of nitrogen functional groups attached to an aromatic ring is 1.